The minimum Gasteiger partial charge on any atom is -0.478 e. The summed E-state index contributed by atoms with van der Waals surface area (Å²) in [5.74, 6) is -0.963. The summed E-state index contributed by atoms with van der Waals surface area (Å²) in [4.78, 5) is 13.4. The number of carboxylic acids is 1. The van der Waals surface area contributed by atoms with E-state index in [1.54, 1.807) is 12.1 Å². The monoisotopic (exact) mass is 298 g/mol. The van der Waals surface area contributed by atoms with Crippen LogP contribution in [0.4, 0.5) is 5.69 Å². The van der Waals surface area contributed by atoms with Crippen molar-refractivity contribution in [2.24, 2.45) is 0 Å². The zero-order chi connectivity index (χ0) is 15.1. The molecule has 0 atom stereocenters. The maximum absolute atomic E-state index is 11.1. The van der Waals surface area contributed by atoms with Crippen LogP contribution >= 0.6 is 11.6 Å². The number of anilines is 1. The number of halogens is 1. The Labute approximate surface area is 125 Å². The number of carboxylic acid groups (broad SMARTS) is 1. The molecule has 0 radical (unpaired) electrons. The molecule has 0 heterocycles. The molecule has 1 rings (SSSR count). The van der Waals surface area contributed by atoms with Crippen molar-refractivity contribution in [3.63, 3.8) is 0 Å². The molecular weight excluding hydrogens is 276 g/mol. The zero-order valence-electron chi connectivity index (χ0n) is 12.3. The Bertz CT molecular complexity index is 449. The molecule has 0 fully saturated rings. The SMILES string of the molecule is CC(C)N(C)CCCCNc1ccc(Cl)cc1C(=O)O. The van der Waals surface area contributed by atoms with Gasteiger partial charge in [-0.15, -0.1) is 0 Å². The van der Waals surface area contributed by atoms with Crippen LogP contribution in [-0.2, 0) is 0 Å². The van der Waals surface area contributed by atoms with Gasteiger partial charge in [-0.1, -0.05) is 11.6 Å². The molecule has 0 spiro atoms. The van der Waals surface area contributed by atoms with E-state index in [2.05, 4.69) is 31.1 Å². The van der Waals surface area contributed by atoms with Crippen molar-refractivity contribution in [2.75, 3.05) is 25.5 Å². The van der Waals surface area contributed by atoms with Crippen LogP contribution < -0.4 is 5.32 Å². The highest BCUT2D eigenvalue weighted by Gasteiger charge is 2.10. The van der Waals surface area contributed by atoms with Crippen molar-refractivity contribution in [1.29, 1.82) is 0 Å². The van der Waals surface area contributed by atoms with Gasteiger partial charge in [-0.3, -0.25) is 0 Å². The van der Waals surface area contributed by atoms with Crippen LogP contribution in [-0.4, -0.2) is 42.2 Å². The van der Waals surface area contributed by atoms with E-state index in [-0.39, 0.29) is 5.56 Å². The van der Waals surface area contributed by atoms with Gasteiger partial charge in [0.1, 0.15) is 0 Å². The maximum Gasteiger partial charge on any atom is 0.337 e. The van der Waals surface area contributed by atoms with E-state index < -0.39 is 5.97 Å². The minimum absolute atomic E-state index is 0.219. The van der Waals surface area contributed by atoms with Gasteiger partial charge in [0.25, 0.3) is 0 Å². The molecular formula is C15H23ClN2O2. The predicted octanol–water partition coefficient (Wildman–Crippen LogP) is 3.57. The molecule has 2 N–H and O–H groups in total. The molecule has 112 valence electrons. The van der Waals surface area contributed by atoms with Gasteiger partial charge < -0.3 is 15.3 Å². The van der Waals surface area contributed by atoms with Crippen LogP contribution in [0.5, 0.6) is 0 Å². The first-order valence-corrected chi connectivity index (χ1v) is 7.26. The molecule has 0 aromatic heterocycles. The van der Waals surface area contributed by atoms with Gasteiger partial charge in [0.2, 0.25) is 0 Å². The number of benzene rings is 1. The van der Waals surface area contributed by atoms with E-state index in [0.717, 1.165) is 25.9 Å². The fourth-order valence-electron chi connectivity index (χ4n) is 1.82. The Balaban J connectivity index is 2.41. The number of hydrogen-bond donors (Lipinski definition) is 2. The topological polar surface area (TPSA) is 52.6 Å². The second kappa shape index (κ2) is 8.12. The average Bonchev–Trinajstić information content (AvgIpc) is 2.39. The molecule has 0 saturated carbocycles. The van der Waals surface area contributed by atoms with Crippen LogP contribution in [0.2, 0.25) is 5.02 Å². The Morgan fingerprint density at radius 1 is 1.40 bits per heavy atom. The Kier molecular flexibility index (Phi) is 6.82. The summed E-state index contributed by atoms with van der Waals surface area (Å²) in [5.41, 5.74) is 0.843. The molecule has 5 heteroatoms. The maximum atomic E-state index is 11.1. The molecule has 1 aromatic rings. The molecule has 0 unspecified atom stereocenters. The summed E-state index contributed by atoms with van der Waals surface area (Å²) in [5, 5.41) is 12.7. The van der Waals surface area contributed by atoms with E-state index in [9.17, 15) is 4.79 Å². The molecule has 1 aromatic carbocycles. The van der Waals surface area contributed by atoms with Crippen molar-refractivity contribution in [3.8, 4) is 0 Å². The molecule has 20 heavy (non-hydrogen) atoms. The average molecular weight is 299 g/mol. The van der Waals surface area contributed by atoms with Crippen LogP contribution in [0, 0.1) is 0 Å². The fraction of sp³-hybridized carbons (Fsp3) is 0.533. The number of aromatic carboxylic acids is 1. The lowest BCUT2D eigenvalue weighted by Gasteiger charge is -2.20. The highest BCUT2D eigenvalue weighted by Crippen LogP contribution is 2.20. The quantitative estimate of drug-likeness (QED) is 0.720. The van der Waals surface area contributed by atoms with Crippen molar-refractivity contribution >= 4 is 23.3 Å². The van der Waals surface area contributed by atoms with Crippen LogP contribution in [0.1, 0.15) is 37.0 Å². The lowest BCUT2D eigenvalue weighted by atomic mass is 10.1. The second-order valence-corrected chi connectivity index (χ2v) is 5.64. The Morgan fingerprint density at radius 2 is 2.10 bits per heavy atom. The van der Waals surface area contributed by atoms with Gasteiger partial charge in [-0.25, -0.2) is 4.79 Å². The van der Waals surface area contributed by atoms with Gasteiger partial charge in [-0.2, -0.15) is 0 Å². The zero-order valence-corrected chi connectivity index (χ0v) is 13.1. The van der Waals surface area contributed by atoms with Gasteiger partial charge in [-0.05, 0) is 58.5 Å². The summed E-state index contributed by atoms with van der Waals surface area (Å²) in [6.45, 7) is 6.15. The van der Waals surface area contributed by atoms with E-state index in [1.165, 1.54) is 6.07 Å². The van der Waals surface area contributed by atoms with Crippen molar-refractivity contribution in [2.45, 2.75) is 32.7 Å². The van der Waals surface area contributed by atoms with Crippen molar-refractivity contribution in [3.05, 3.63) is 28.8 Å². The third kappa shape index (κ3) is 5.39. The summed E-state index contributed by atoms with van der Waals surface area (Å²) in [6, 6.07) is 5.44. The fourth-order valence-corrected chi connectivity index (χ4v) is 1.99. The first-order chi connectivity index (χ1) is 9.41. The smallest absolute Gasteiger partial charge is 0.337 e. The van der Waals surface area contributed by atoms with Crippen LogP contribution in [0.3, 0.4) is 0 Å². The van der Waals surface area contributed by atoms with E-state index >= 15 is 0 Å². The van der Waals surface area contributed by atoms with Gasteiger partial charge in [0.05, 0.1) is 5.56 Å². The first kappa shape index (κ1) is 16.8. The Hall–Kier alpha value is -1.26. The minimum atomic E-state index is -0.963. The second-order valence-electron chi connectivity index (χ2n) is 5.20. The lowest BCUT2D eigenvalue weighted by Crippen LogP contribution is -2.27. The van der Waals surface area contributed by atoms with E-state index in [4.69, 9.17) is 16.7 Å². The Morgan fingerprint density at radius 3 is 2.70 bits per heavy atom. The van der Waals surface area contributed by atoms with Gasteiger partial charge in [0, 0.05) is 23.3 Å². The third-order valence-electron chi connectivity index (χ3n) is 3.35. The molecule has 0 aliphatic carbocycles. The highest BCUT2D eigenvalue weighted by molar-refractivity contribution is 6.31. The number of carbonyl (C=O) groups is 1. The van der Waals surface area contributed by atoms with E-state index in [0.29, 0.717) is 16.8 Å². The van der Waals surface area contributed by atoms with Crippen LogP contribution in [0.15, 0.2) is 18.2 Å². The summed E-state index contributed by atoms with van der Waals surface area (Å²) in [6.07, 6.45) is 2.08. The largest absolute Gasteiger partial charge is 0.478 e. The summed E-state index contributed by atoms with van der Waals surface area (Å²) in [7, 11) is 2.11. The molecule has 0 aliphatic heterocycles. The van der Waals surface area contributed by atoms with Gasteiger partial charge in [0.15, 0.2) is 0 Å². The molecule has 0 bridgehead atoms. The molecule has 0 amide bonds. The molecule has 4 nitrogen and oxygen atoms in total. The highest BCUT2D eigenvalue weighted by atomic mass is 35.5. The standard InChI is InChI=1S/C15H23ClN2O2/c1-11(2)18(3)9-5-4-8-17-14-7-6-12(16)10-13(14)15(19)20/h6-7,10-11,17H,4-5,8-9H2,1-3H3,(H,19,20). The number of nitrogens with zero attached hydrogens (tertiary/aromatic N) is 1. The van der Waals surface area contributed by atoms with Gasteiger partial charge >= 0.3 is 5.97 Å². The summed E-state index contributed by atoms with van der Waals surface area (Å²) >= 11 is 5.81. The van der Waals surface area contributed by atoms with Crippen molar-refractivity contribution < 1.29 is 9.90 Å². The molecule has 0 saturated heterocycles. The summed E-state index contributed by atoms with van der Waals surface area (Å²) < 4.78 is 0. The number of rotatable bonds is 8. The van der Waals surface area contributed by atoms with Crippen molar-refractivity contribution in [1.82, 2.24) is 4.90 Å². The third-order valence-corrected chi connectivity index (χ3v) is 3.58. The lowest BCUT2D eigenvalue weighted by molar-refractivity contribution is 0.0698. The number of hydrogen-bond acceptors (Lipinski definition) is 3. The van der Waals surface area contributed by atoms with E-state index in [1.807, 2.05) is 0 Å². The molecule has 0 aliphatic rings. The number of nitrogens with one attached hydrogen (secondary N) is 1. The van der Waals surface area contributed by atoms with Crippen LogP contribution in [0.25, 0.3) is 0 Å². The number of unbranched alkanes of at least 4 members (excludes halogenated alkanes) is 1. The normalized spacial score (nSPS) is 11.1. The predicted molar refractivity (Wildman–Crippen MR) is 83.9 cm³/mol. The first-order valence-electron chi connectivity index (χ1n) is 6.88.